The molecule has 0 aliphatic carbocycles. The number of carbonyl (C=O) groups excluding carboxylic acids is 2. The molecule has 35 heavy (non-hydrogen) atoms. The number of hydrogen-bond donors (Lipinski definition) is 2. The van der Waals surface area contributed by atoms with E-state index in [1.807, 2.05) is 0 Å². The van der Waals surface area contributed by atoms with Crippen LogP contribution in [0.1, 0.15) is 15.9 Å². The lowest BCUT2D eigenvalue weighted by molar-refractivity contribution is -0.384. The van der Waals surface area contributed by atoms with Gasteiger partial charge in [0, 0.05) is 29.5 Å². The Labute approximate surface area is 202 Å². The number of phenols is 1. The van der Waals surface area contributed by atoms with Gasteiger partial charge in [0.15, 0.2) is 4.77 Å². The number of carbonyl (C=O) groups is 2. The highest BCUT2D eigenvalue weighted by Gasteiger charge is 2.36. The van der Waals surface area contributed by atoms with Crippen LogP contribution in [0.3, 0.4) is 0 Å². The average Bonchev–Trinajstić information content (AvgIpc) is 3.35. The summed E-state index contributed by atoms with van der Waals surface area (Å²) in [4.78, 5) is 40.2. The van der Waals surface area contributed by atoms with Gasteiger partial charge in [-0.05, 0) is 42.5 Å². The highest BCUT2D eigenvalue weighted by Crippen LogP contribution is 2.27. The minimum atomic E-state index is -0.691. The number of amides is 2. The SMILES string of the molecule is O=C1/C(=C\n2c(=S)[nH]c3ccc([N+](=O)[O-])cc32)C(c2ccccc2)=NN1C(=O)c1ccc(O)cc1. The third-order valence-electron chi connectivity index (χ3n) is 5.40. The number of nitro benzene ring substituents is 1. The van der Waals surface area contributed by atoms with Gasteiger partial charge in [-0.3, -0.25) is 24.3 Å². The highest BCUT2D eigenvalue weighted by atomic mass is 32.1. The number of non-ortho nitro benzene ring substituents is 1. The van der Waals surface area contributed by atoms with Gasteiger partial charge in [0.05, 0.1) is 21.5 Å². The molecule has 1 aliphatic rings. The van der Waals surface area contributed by atoms with E-state index in [1.54, 1.807) is 30.3 Å². The first kappa shape index (κ1) is 21.9. The van der Waals surface area contributed by atoms with Crippen LogP contribution < -0.4 is 0 Å². The van der Waals surface area contributed by atoms with E-state index in [2.05, 4.69) is 10.1 Å². The second-order valence-electron chi connectivity index (χ2n) is 7.59. The molecule has 2 amide bonds. The predicted molar refractivity (Wildman–Crippen MR) is 130 cm³/mol. The summed E-state index contributed by atoms with van der Waals surface area (Å²) >= 11 is 5.40. The van der Waals surface area contributed by atoms with Crippen molar-refractivity contribution in [1.82, 2.24) is 14.6 Å². The summed E-state index contributed by atoms with van der Waals surface area (Å²) in [5.74, 6) is -1.39. The molecule has 0 bridgehead atoms. The summed E-state index contributed by atoms with van der Waals surface area (Å²) in [6.45, 7) is 0. The molecule has 172 valence electrons. The van der Waals surface area contributed by atoms with Gasteiger partial charge in [-0.25, -0.2) is 0 Å². The van der Waals surface area contributed by atoms with Crippen LogP contribution >= 0.6 is 12.2 Å². The first-order valence-electron chi connectivity index (χ1n) is 10.3. The van der Waals surface area contributed by atoms with E-state index < -0.39 is 16.7 Å². The number of aromatic hydroxyl groups is 1. The normalized spacial score (nSPS) is 14.5. The molecule has 5 rings (SSSR count). The van der Waals surface area contributed by atoms with Gasteiger partial charge < -0.3 is 10.1 Å². The smallest absolute Gasteiger partial charge is 0.285 e. The van der Waals surface area contributed by atoms with Gasteiger partial charge in [-0.15, -0.1) is 0 Å². The van der Waals surface area contributed by atoms with E-state index in [9.17, 15) is 24.8 Å². The average molecular weight is 485 g/mol. The maximum Gasteiger partial charge on any atom is 0.285 e. The van der Waals surface area contributed by atoms with Crippen LogP contribution in [0, 0.1) is 14.9 Å². The summed E-state index contributed by atoms with van der Waals surface area (Å²) in [6, 6.07) is 18.5. The molecule has 0 atom stereocenters. The number of H-pyrrole nitrogens is 1. The largest absolute Gasteiger partial charge is 0.508 e. The number of imide groups is 1. The zero-order valence-corrected chi connectivity index (χ0v) is 18.6. The Kier molecular flexibility index (Phi) is 5.30. The number of hydrogen-bond acceptors (Lipinski definition) is 7. The summed E-state index contributed by atoms with van der Waals surface area (Å²) < 4.78 is 1.65. The van der Waals surface area contributed by atoms with Crippen molar-refractivity contribution in [2.45, 2.75) is 0 Å². The van der Waals surface area contributed by atoms with Gasteiger partial charge in [0.2, 0.25) is 0 Å². The van der Waals surface area contributed by atoms with Crippen molar-refractivity contribution in [3.63, 3.8) is 0 Å². The standard InChI is InChI=1S/C24H15N5O5S/c30-17-9-6-15(7-10-17)22(31)28-23(32)18(21(26-28)14-4-2-1-3-5-14)13-27-20-12-16(29(33)34)8-11-19(20)25-24(27)35/h1-13,30H,(H,25,35)/b18-13-. The number of phenolic OH excluding ortho intramolecular Hbond substituents is 1. The van der Waals surface area contributed by atoms with Crippen LogP contribution in [0.4, 0.5) is 5.69 Å². The minimum absolute atomic E-state index is 0.0221. The van der Waals surface area contributed by atoms with Crippen molar-refractivity contribution >= 4 is 52.7 Å². The lowest BCUT2D eigenvalue weighted by Gasteiger charge is -2.09. The molecule has 0 radical (unpaired) electrons. The van der Waals surface area contributed by atoms with Crippen molar-refractivity contribution in [3.05, 3.63) is 104 Å². The zero-order valence-electron chi connectivity index (χ0n) is 17.8. The van der Waals surface area contributed by atoms with Gasteiger partial charge in [0.1, 0.15) is 11.5 Å². The van der Waals surface area contributed by atoms with E-state index in [0.29, 0.717) is 16.6 Å². The summed E-state index contributed by atoms with van der Waals surface area (Å²) in [5, 5.41) is 25.9. The summed E-state index contributed by atoms with van der Waals surface area (Å²) in [5.41, 5.74) is 1.85. The number of fused-ring (bicyclic) bond motifs is 1. The van der Waals surface area contributed by atoms with Crippen LogP contribution in [0.2, 0.25) is 0 Å². The molecule has 0 fully saturated rings. The second kappa shape index (κ2) is 8.47. The maximum atomic E-state index is 13.4. The number of nitro groups is 1. The fourth-order valence-electron chi connectivity index (χ4n) is 3.68. The van der Waals surface area contributed by atoms with Crippen LogP contribution in [0.5, 0.6) is 5.75 Å². The fourth-order valence-corrected chi connectivity index (χ4v) is 3.95. The van der Waals surface area contributed by atoms with Crippen molar-refractivity contribution < 1.29 is 19.6 Å². The van der Waals surface area contributed by atoms with E-state index >= 15 is 0 Å². The topological polar surface area (TPSA) is 134 Å². The van der Waals surface area contributed by atoms with Crippen LogP contribution in [0.25, 0.3) is 17.2 Å². The van der Waals surface area contributed by atoms with Crippen LogP contribution in [-0.2, 0) is 4.79 Å². The predicted octanol–water partition coefficient (Wildman–Crippen LogP) is 4.24. The molecule has 2 N–H and O–H groups in total. The monoisotopic (exact) mass is 485 g/mol. The minimum Gasteiger partial charge on any atom is -0.508 e. The lowest BCUT2D eigenvalue weighted by Crippen LogP contribution is -2.29. The second-order valence-corrected chi connectivity index (χ2v) is 7.97. The Morgan fingerprint density at radius 1 is 1.09 bits per heavy atom. The van der Waals surface area contributed by atoms with Crippen LogP contribution in [0.15, 0.2) is 83.5 Å². The maximum absolute atomic E-state index is 13.4. The molecule has 3 aromatic carbocycles. The zero-order chi connectivity index (χ0) is 24.7. The Balaban J connectivity index is 1.66. The number of imidazole rings is 1. The summed E-state index contributed by atoms with van der Waals surface area (Å²) in [7, 11) is 0. The molecule has 0 saturated carbocycles. The molecule has 0 unspecified atom stereocenters. The first-order chi connectivity index (χ1) is 16.8. The van der Waals surface area contributed by atoms with Crippen molar-refractivity contribution in [2.24, 2.45) is 5.10 Å². The van der Waals surface area contributed by atoms with Crippen molar-refractivity contribution in [2.75, 3.05) is 0 Å². The Bertz CT molecular complexity index is 1630. The number of nitrogens with one attached hydrogen (secondary N) is 1. The number of aromatic amines is 1. The van der Waals surface area contributed by atoms with Gasteiger partial charge in [-0.1, -0.05) is 30.3 Å². The molecule has 1 aliphatic heterocycles. The highest BCUT2D eigenvalue weighted by molar-refractivity contribution is 7.71. The van der Waals surface area contributed by atoms with E-state index in [4.69, 9.17) is 12.2 Å². The Hall–Kier alpha value is -4.90. The fraction of sp³-hybridized carbons (Fsp3) is 0. The lowest BCUT2D eigenvalue weighted by atomic mass is 10.0. The molecular weight excluding hydrogens is 470 g/mol. The van der Waals surface area contributed by atoms with Gasteiger partial charge in [-0.2, -0.15) is 10.1 Å². The molecule has 1 aromatic heterocycles. The Morgan fingerprint density at radius 3 is 2.49 bits per heavy atom. The molecule has 11 heteroatoms. The molecule has 0 spiro atoms. The van der Waals surface area contributed by atoms with Crippen molar-refractivity contribution in [1.29, 1.82) is 0 Å². The summed E-state index contributed by atoms with van der Waals surface area (Å²) in [6.07, 6.45) is 1.42. The number of hydrazone groups is 1. The molecule has 4 aromatic rings. The van der Waals surface area contributed by atoms with E-state index in [0.717, 1.165) is 5.01 Å². The van der Waals surface area contributed by atoms with Crippen molar-refractivity contribution in [3.8, 4) is 5.75 Å². The number of nitrogens with zero attached hydrogens (tertiary/aromatic N) is 4. The quantitative estimate of drug-likeness (QED) is 0.146. The third-order valence-corrected chi connectivity index (χ3v) is 5.70. The van der Waals surface area contributed by atoms with Gasteiger partial charge >= 0.3 is 0 Å². The number of aromatic nitrogens is 2. The number of rotatable bonds is 4. The molecule has 10 nitrogen and oxygen atoms in total. The molecule has 2 heterocycles. The van der Waals surface area contributed by atoms with Crippen LogP contribution in [-0.4, -0.2) is 42.1 Å². The third kappa shape index (κ3) is 3.89. The van der Waals surface area contributed by atoms with E-state index in [-0.39, 0.29) is 33.1 Å². The molecular formula is C24H15N5O5S. The molecule has 0 saturated heterocycles. The first-order valence-corrected chi connectivity index (χ1v) is 10.7. The van der Waals surface area contributed by atoms with Gasteiger partial charge in [0.25, 0.3) is 17.5 Å². The Morgan fingerprint density at radius 2 is 1.80 bits per heavy atom. The number of benzene rings is 3. The van der Waals surface area contributed by atoms with E-state index in [1.165, 1.54) is 53.2 Å².